The van der Waals surface area contributed by atoms with E-state index in [1.807, 2.05) is 0 Å². The van der Waals surface area contributed by atoms with Crippen molar-refractivity contribution in [3.8, 4) is 94.7 Å². The van der Waals surface area contributed by atoms with Gasteiger partial charge in [0.2, 0.25) is 0 Å². The molecule has 3 nitrogen and oxygen atoms in total. The Kier molecular flexibility index (Phi) is 20.4. The van der Waals surface area contributed by atoms with Crippen LogP contribution in [0, 0.1) is 0 Å². The summed E-state index contributed by atoms with van der Waals surface area (Å²) in [6.07, 6.45) is 0. The summed E-state index contributed by atoms with van der Waals surface area (Å²) in [4.78, 5) is 5.50. The first kappa shape index (κ1) is 81.7. The second kappa shape index (κ2) is 32.2. The highest BCUT2D eigenvalue weighted by Crippen LogP contribution is 2.56. The summed E-state index contributed by atoms with van der Waals surface area (Å²) in [5.41, 5.74) is 36.3. The summed E-state index contributed by atoms with van der Waals surface area (Å²) in [6.45, 7) is 28.0. The number of aromatic nitrogens is 1. The number of hydrogen-bond acceptors (Lipinski definition) is 2. The zero-order valence-corrected chi connectivity index (χ0v) is 76.8. The minimum Gasteiger partial charge on any atom is -0.310 e. The van der Waals surface area contributed by atoms with Gasteiger partial charge in [-0.05, 0) is 227 Å². The van der Waals surface area contributed by atoms with Crippen LogP contribution in [0.4, 0.5) is 34.1 Å². The van der Waals surface area contributed by atoms with E-state index in [1.165, 1.54) is 81.2 Å². The van der Waals surface area contributed by atoms with Crippen molar-refractivity contribution < 1.29 is 0 Å². The minimum atomic E-state index is -2.93. The Labute approximate surface area is 763 Å². The summed E-state index contributed by atoms with van der Waals surface area (Å²) < 4.78 is 2.58. The van der Waals surface area contributed by atoms with E-state index in [2.05, 4.69) is 522 Å². The lowest BCUT2D eigenvalue weighted by Gasteiger charge is -2.46. The molecule has 21 rings (SSSR count). The van der Waals surface area contributed by atoms with E-state index < -0.39 is 8.07 Å². The molecule has 0 saturated heterocycles. The highest BCUT2D eigenvalue weighted by Gasteiger charge is 2.47. The molecule has 624 valence electrons. The van der Waals surface area contributed by atoms with Gasteiger partial charge in [0.25, 0.3) is 6.71 Å². The summed E-state index contributed by atoms with van der Waals surface area (Å²) in [5.74, 6) is 0. The molecule has 0 spiro atoms. The van der Waals surface area contributed by atoms with Crippen molar-refractivity contribution in [2.75, 3.05) is 9.80 Å². The number of hydrogen-bond donors (Lipinski definition) is 0. The molecule has 2 aliphatic heterocycles. The quantitative estimate of drug-likeness (QED) is 0.0749. The fourth-order valence-electron chi connectivity index (χ4n) is 20.5. The monoisotopic (exact) mass is 1680 g/mol. The van der Waals surface area contributed by atoms with E-state index in [1.54, 1.807) is 0 Å². The maximum atomic E-state index is 2.77. The molecule has 0 saturated carbocycles. The van der Waals surface area contributed by atoms with Crippen LogP contribution in [0.1, 0.15) is 105 Å². The average Bonchev–Trinajstić information content (AvgIpc) is 1.50. The molecule has 19 aromatic rings. The zero-order valence-electron chi connectivity index (χ0n) is 75.8. The zero-order chi connectivity index (χ0) is 88.2. The van der Waals surface area contributed by atoms with Crippen LogP contribution in [0.15, 0.2) is 425 Å². The number of anilines is 6. The molecule has 0 fully saturated rings. The topological polar surface area (TPSA) is 11.4 Å². The lowest BCUT2D eigenvalue weighted by molar-refractivity contribution is 0.569. The van der Waals surface area contributed by atoms with Crippen LogP contribution in [-0.4, -0.2) is 19.4 Å². The Bertz CT molecular complexity index is 7130. The van der Waals surface area contributed by atoms with Gasteiger partial charge in [-0.15, -0.1) is 0 Å². The predicted molar refractivity (Wildman–Crippen MR) is 557 cm³/mol. The molecule has 1 aromatic heterocycles. The molecule has 0 radical (unpaired) electrons. The van der Waals surface area contributed by atoms with Crippen LogP contribution in [0.5, 0.6) is 0 Å². The van der Waals surface area contributed by atoms with Crippen molar-refractivity contribution >= 4 is 108 Å². The Balaban J connectivity index is 0.940. The Morgan fingerprint density at radius 3 is 0.899 bits per heavy atom. The van der Waals surface area contributed by atoms with Crippen molar-refractivity contribution in [3.05, 3.63) is 447 Å². The summed E-state index contributed by atoms with van der Waals surface area (Å²) in [7, 11) is -2.93. The highest BCUT2D eigenvalue weighted by molar-refractivity contribution is 7.20. The maximum Gasteiger partial charge on any atom is 0.252 e. The third-order valence-corrected chi connectivity index (χ3v) is 32.1. The van der Waals surface area contributed by atoms with Gasteiger partial charge < -0.3 is 14.4 Å². The standard InChI is InChI=1S/C124H106BN3Si/c1-121(2,3)95-61-68-112-108(80-95)109-81-96(122(4,5)6)62-69-113(109)126(112)99-63-66-110-115(82-99)128(120-106(88-48-30-17-31-49-88)74-93(84-42-24-14-25-43-84)75-107(120)89-50-32-18-33-51-89)117-78-94(91-70-97(123(7,8)9)79-98(71-91)124(10,11)12)77-116-118(117)125(110)111-76-90(85-58-64-103(65-59-85)129(100-52-34-19-35-53-100,101-54-36-20-37-55-101)102-56-38-21-39-57-102)60-67-114(111)127(116)119-104(86-44-26-15-27-45-86)72-92(83-40-22-13-23-41-83)73-105(119)87-46-28-16-29-47-87/h13-82H,1-12H3. The molecule has 5 heteroatoms. The number of rotatable bonds is 15. The van der Waals surface area contributed by atoms with E-state index in [0.29, 0.717) is 0 Å². The molecule has 0 unspecified atom stereocenters. The second-order valence-electron chi connectivity index (χ2n) is 39.6. The van der Waals surface area contributed by atoms with Gasteiger partial charge in [0, 0.05) is 61.5 Å². The van der Waals surface area contributed by atoms with E-state index in [-0.39, 0.29) is 28.4 Å². The summed E-state index contributed by atoms with van der Waals surface area (Å²) in [5, 5.41) is 7.84. The lowest BCUT2D eigenvalue weighted by atomic mass is 9.33. The molecular formula is C124H106BN3Si. The van der Waals surface area contributed by atoms with Gasteiger partial charge in [-0.3, -0.25) is 0 Å². The fourth-order valence-corrected chi connectivity index (χ4v) is 25.3. The average molecular weight is 1680 g/mol. The van der Waals surface area contributed by atoms with E-state index in [9.17, 15) is 0 Å². The molecular weight excluding hydrogens is 1570 g/mol. The molecule has 0 bridgehead atoms. The van der Waals surface area contributed by atoms with Gasteiger partial charge in [-0.2, -0.15) is 0 Å². The summed E-state index contributed by atoms with van der Waals surface area (Å²) in [6, 6.07) is 163. The molecule has 0 N–H and O–H groups in total. The highest BCUT2D eigenvalue weighted by atomic mass is 28.3. The second-order valence-corrected chi connectivity index (χ2v) is 43.4. The minimum absolute atomic E-state index is 0.0966. The molecule has 0 amide bonds. The predicted octanol–water partition coefficient (Wildman–Crippen LogP) is 28.8. The van der Waals surface area contributed by atoms with Gasteiger partial charge in [0.05, 0.1) is 22.4 Å². The molecule has 3 heterocycles. The lowest BCUT2D eigenvalue weighted by Crippen LogP contribution is -2.74. The Morgan fingerprint density at radius 2 is 0.527 bits per heavy atom. The van der Waals surface area contributed by atoms with Gasteiger partial charge >= 0.3 is 0 Å². The van der Waals surface area contributed by atoms with Crippen LogP contribution in [-0.2, 0) is 21.7 Å². The van der Waals surface area contributed by atoms with Crippen molar-refractivity contribution in [2.24, 2.45) is 0 Å². The molecule has 18 aromatic carbocycles. The third kappa shape index (κ3) is 14.6. The molecule has 2 aliphatic rings. The Morgan fingerprint density at radius 1 is 0.209 bits per heavy atom. The first-order valence-electron chi connectivity index (χ1n) is 45.8. The smallest absolute Gasteiger partial charge is 0.252 e. The third-order valence-electron chi connectivity index (χ3n) is 27.3. The SMILES string of the molecule is CC(C)(C)c1cc(-c2cc3c4c(c2)N(c2c(-c5ccccc5)cc(-c5ccccc5)cc2-c2ccccc2)c2cc(-n5c6ccc(C(C)(C)C)cc6c6cc(C(C)(C)C)ccc65)ccc2B4c2cc(-c4ccc([Si](c5ccccc5)(c5ccccc5)c5ccccc5)cc4)ccc2N3c2c(-c3ccccc3)cc(-c3ccccc3)cc2-c2ccccc2)cc(C(C)(C)C)c1. The van der Waals surface area contributed by atoms with Crippen molar-refractivity contribution in [2.45, 2.75) is 105 Å². The number of benzene rings is 18. The number of nitrogens with zero attached hydrogens (tertiary/aromatic N) is 3. The van der Waals surface area contributed by atoms with Gasteiger partial charge in [-0.25, -0.2) is 0 Å². The van der Waals surface area contributed by atoms with Crippen molar-refractivity contribution in [1.82, 2.24) is 4.57 Å². The van der Waals surface area contributed by atoms with Crippen LogP contribution < -0.4 is 46.9 Å². The first-order chi connectivity index (χ1) is 62.5. The van der Waals surface area contributed by atoms with Crippen LogP contribution in [0.3, 0.4) is 0 Å². The molecule has 0 atom stereocenters. The van der Waals surface area contributed by atoms with Crippen LogP contribution in [0.2, 0.25) is 0 Å². The maximum absolute atomic E-state index is 2.93. The van der Waals surface area contributed by atoms with Gasteiger partial charge in [0.1, 0.15) is 0 Å². The van der Waals surface area contributed by atoms with Crippen molar-refractivity contribution in [1.29, 1.82) is 0 Å². The normalized spacial score (nSPS) is 12.8. The van der Waals surface area contributed by atoms with Crippen LogP contribution in [0.25, 0.3) is 117 Å². The van der Waals surface area contributed by atoms with E-state index in [4.69, 9.17) is 0 Å². The Hall–Kier alpha value is -14.4. The van der Waals surface area contributed by atoms with E-state index >= 15 is 0 Å². The largest absolute Gasteiger partial charge is 0.310 e. The van der Waals surface area contributed by atoms with Crippen molar-refractivity contribution in [3.63, 3.8) is 0 Å². The van der Waals surface area contributed by atoms with Gasteiger partial charge in [0.15, 0.2) is 8.07 Å². The van der Waals surface area contributed by atoms with E-state index in [0.717, 1.165) is 129 Å². The first-order valence-corrected chi connectivity index (χ1v) is 47.8. The molecule has 0 aliphatic carbocycles. The fraction of sp³-hybridized carbons (Fsp3) is 0.129. The van der Waals surface area contributed by atoms with Crippen LogP contribution >= 0.6 is 0 Å². The van der Waals surface area contributed by atoms with Gasteiger partial charge in [-0.1, -0.05) is 429 Å². The number of fused-ring (bicyclic) bond motifs is 7. The summed E-state index contributed by atoms with van der Waals surface area (Å²) >= 11 is 0. The molecule has 129 heavy (non-hydrogen) atoms.